The lowest BCUT2D eigenvalue weighted by atomic mass is 10.1. The molecular formula is C13H15N3O5. The van der Waals surface area contributed by atoms with E-state index in [9.17, 15) is 19.7 Å². The van der Waals surface area contributed by atoms with Gasteiger partial charge in [0.15, 0.2) is 0 Å². The number of aliphatic carboxylic acids is 1. The van der Waals surface area contributed by atoms with Gasteiger partial charge < -0.3 is 10.4 Å². The van der Waals surface area contributed by atoms with E-state index in [1.165, 1.54) is 6.92 Å². The van der Waals surface area contributed by atoms with E-state index in [0.717, 1.165) is 12.3 Å². The molecule has 0 aliphatic carbocycles. The number of aryl methyl sites for hydroxylation is 1. The Balaban J connectivity index is 2.99. The number of aromatic nitrogens is 1. The molecule has 112 valence electrons. The number of allylic oxidation sites excluding steroid dienone is 1. The summed E-state index contributed by atoms with van der Waals surface area (Å²) in [4.78, 5) is 36.9. The van der Waals surface area contributed by atoms with Crippen LogP contribution in [0, 0.1) is 17.0 Å². The first kappa shape index (κ1) is 16.3. The van der Waals surface area contributed by atoms with Crippen molar-refractivity contribution in [1.82, 2.24) is 10.3 Å². The molecule has 1 aromatic heterocycles. The summed E-state index contributed by atoms with van der Waals surface area (Å²) in [7, 11) is 0. The van der Waals surface area contributed by atoms with Crippen molar-refractivity contribution in [3.05, 3.63) is 45.8 Å². The van der Waals surface area contributed by atoms with Gasteiger partial charge in [0, 0.05) is 6.07 Å². The van der Waals surface area contributed by atoms with Crippen LogP contribution in [0.5, 0.6) is 0 Å². The van der Waals surface area contributed by atoms with E-state index in [0.29, 0.717) is 0 Å². The van der Waals surface area contributed by atoms with Gasteiger partial charge in [-0.05, 0) is 20.3 Å². The standard InChI is InChI=1S/C13H15N3O5/c1-3-4-5-11(13(18)19)15-12(17)10-6-9(16(20)21)7-14-8(10)2/h3-4,6-7,11H,5H2,1-2H3,(H,15,17)(H,18,19)/b4-3+. The van der Waals surface area contributed by atoms with E-state index >= 15 is 0 Å². The third-order valence-corrected chi connectivity index (χ3v) is 2.74. The minimum atomic E-state index is -1.18. The molecule has 0 spiro atoms. The van der Waals surface area contributed by atoms with Crippen LogP contribution in [0.2, 0.25) is 0 Å². The molecule has 0 fully saturated rings. The topological polar surface area (TPSA) is 122 Å². The molecule has 1 amide bonds. The molecule has 0 aliphatic heterocycles. The van der Waals surface area contributed by atoms with Gasteiger partial charge in [0.05, 0.1) is 16.2 Å². The summed E-state index contributed by atoms with van der Waals surface area (Å²) in [5.74, 6) is -1.89. The van der Waals surface area contributed by atoms with Crippen molar-refractivity contribution in [3.63, 3.8) is 0 Å². The van der Waals surface area contributed by atoms with E-state index in [1.54, 1.807) is 19.1 Å². The molecule has 0 bridgehead atoms. The first-order chi connectivity index (χ1) is 9.86. The van der Waals surface area contributed by atoms with Crippen LogP contribution in [0.3, 0.4) is 0 Å². The lowest BCUT2D eigenvalue weighted by Crippen LogP contribution is -2.40. The molecule has 0 aromatic carbocycles. The van der Waals surface area contributed by atoms with E-state index < -0.39 is 22.8 Å². The zero-order chi connectivity index (χ0) is 16.0. The Kier molecular flexibility index (Phi) is 5.53. The summed E-state index contributed by atoms with van der Waals surface area (Å²) in [6, 6.07) is -0.0287. The highest BCUT2D eigenvalue weighted by Crippen LogP contribution is 2.15. The fraction of sp³-hybridized carbons (Fsp3) is 0.308. The number of amides is 1. The maximum Gasteiger partial charge on any atom is 0.326 e. The number of hydrogen-bond donors (Lipinski definition) is 2. The molecule has 8 nitrogen and oxygen atoms in total. The molecule has 0 saturated carbocycles. The van der Waals surface area contributed by atoms with E-state index in [1.807, 2.05) is 0 Å². The van der Waals surface area contributed by atoms with Crippen molar-refractivity contribution in [2.24, 2.45) is 0 Å². The first-order valence-corrected chi connectivity index (χ1v) is 6.12. The first-order valence-electron chi connectivity index (χ1n) is 6.12. The molecule has 0 aliphatic rings. The number of nitrogens with one attached hydrogen (secondary N) is 1. The van der Waals surface area contributed by atoms with Crippen LogP contribution >= 0.6 is 0 Å². The molecule has 1 heterocycles. The molecule has 21 heavy (non-hydrogen) atoms. The van der Waals surface area contributed by atoms with Crippen molar-refractivity contribution in [3.8, 4) is 0 Å². The smallest absolute Gasteiger partial charge is 0.326 e. The van der Waals surface area contributed by atoms with Gasteiger partial charge in [-0.2, -0.15) is 0 Å². The van der Waals surface area contributed by atoms with Gasteiger partial charge in [0.2, 0.25) is 0 Å². The Morgan fingerprint density at radius 1 is 1.57 bits per heavy atom. The minimum Gasteiger partial charge on any atom is -0.480 e. The molecule has 8 heteroatoms. The Bertz CT molecular complexity index is 597. The molecule has 0 saturated heterocycles. The van der Waals surface area contributed by atoms with Crippen LogP contribution in [0.15, 0.2) is 24.4 Å². The predicted molar refractivity (Wildman–Crippen MR) is 73.9 cm³/mol. The van der Waals surface area contributed by atoms with Gasteiger partial charge in [0.25, 0.3) is 11.6 Å². The summed E-state index contributed by atoms with van der Waals surface area (Å²) in [5, 5.41) is 22.0. The number of rotatable bonds is 6. The Morgan fingerprint density at radius 3 is 2.76 bits per heavy atom. The summed E-state index contributed by atoms with van der Waals surface area (Å²) < 4.78 is 0. The maximum absolute atomic E-state index is 12.1. The SMILES string of the molecule is C/C=C/CC(NC(=O)c1cc([N+](=O)[O-])cnc1C)C(=O)O. The van der Waals surface area contributed by atoms with Gasteiger partial charge in [-0.25, -0.2) is 4.79 Å². The summed E-state index contributed by atoms with van der Waals surface area (Å²) in [6.45, 7) is 3.25. The Morgan fingerprint density at radius 2 is 2.24 bits per heavy atom. The van der Waals surface area contributed by atoms with Crippen molar-refractivity contribution in [2.45, 2.75) is 26.3 Å². The average molecular weight is 293 g/mol. The van der Waals surface area contributed by atoms with Crippen LogP contribution in [0.4, 0.5) is 5.69 Å². The van der Waals surface area contributed by atoms with Crippen LogP contribution in [-0.2, 0) is 4.79 Å². The zero-order valence-corrected chi connectivity index (χ0v) is 11.6. The number of hydrogen-bond acceptors (Lipinski definition) is 5. The third-order valence-electron chi connectivity index (χ3n) is 2.74. The average Bonchev–Trinajstić information content (AvgIpc) is 2.42. The summed E-state index contributed by atoms with van der Waals surface area (Å²) >= 11 is 0. The highest BCUT2D eigenvalue weighted by atomic mass is 16.6. The number of pyridine rings is 1. The minimum absolute atomic E-state index is 0.0177. The van der Waals surface area contributed by atoms with Crippen molar-refractivity contribution >= 4 is 17.6 Å². The molecule has 2 N–H and O–H groups in total. The van der Waals surface area contributed by atoms with Crippen LogP contribution < -0.4 is 5.32 Å². The number of carbonyl (C=O) groups is 2. The van der Waals surface area contributed by atoms with Crippen LogP contribution in [0.1, 0.15) is 29.4 Å². The summed E-state index contributed by atoms with van der Waals surface area (Å²) in [6.07, 6.45) is 4.44. The maximum atomic E-state index is 12.1. The molecule has 1 atom stereocenters. The van der Waals surface area contributed by atoms with E-state index in [4.69, 9.17) is 5.11 Å². The normalized spacial score (nSPS) is 12.1. The van der Waals surface area contributed by atoms with E-state index in [-0.39, 0.29) is 23.4 Å². The van der Waals surface area contributed by atoms with Crippen molar-refractivity contribution in [2.75, 3.05) is 0 Å². The second-order valence-corrected chi connectivity index (χ2v) is 4.25. The second kappa shape index (κ2) is 7.13. The fourth-order valence-electron chi connectivity index (χ4n) is 1.58. The van der Waals surface area contributed by atoms with Gasteiger partial charge in [-0.3, -0.25) is 19.9 Å². The predicted octanol–water partition coefficient (Wildman–Crippen LogP) is 1.45. The zero-order valence-electron chi connectivity index (χ0n) is 11.6. The van der Waals surface area contributed by atoms with Gasteiger partial charge in [-0.1, -0.05) is 12.2 Å². The lowest BCUT2D eigenvalue weighted by Gasteiger charge is -2.13. The van der Waals surface area contributed by atoms with Crippen LogP contribution in [-0.4, -0.2) is 32.9 Å². The van der Waals surface area contributed by atoms with E-state index in [2.05, 4.69) is 10.3 Å². The number of nitrogens with zero attached hydrogens (tertiary/aromatic N) is 2. The monoisotopic (exact) mass is 293 g/mol. The number of carboxylic acid groups (broad SMARTS) is 1. The molecular weight excluding hydrogens is 278 g/mol. The number of carboxylic acids is 1. The van der Waals surface area contributed by atoms with Gasteiger partial charge in [0.1, 0.15) is 12.2 Å². The quantitative estimate of drug-likeness (QED) is 0.465. The third kappa shape index (κ3) is 4.37. The number of carbonyl (C=O) groups excluding carboxylic acids is 1. The highest BCUT2D eigenvalue weighted by Gasteiger charge is 2.22. The highest BCUT2D eigenvalue weighted by molar-refractivity contribution is 5.97. The molecule has 1 rings (SSSR count). The number of nitro groups is 1. The molecule has 1 unspecified atom stereocenters. The van der Waals surface area contributed by atoms with Gasteiger partial charge in [-0.15, -0.1) is 0 Å². The Labute approximate surface area is 120 Å². The molecule has 0 radical (unpaired) electrons. The Hall–Kier alpha value is -2.77. The second-order valence-electron chi connectivity index (χ2n) is 4.25. The van der Waals surface area contributed by atoms with Crippen molar-refractivity contribution in [1.29, 1.82) is 0 Å². The summed E-state index contributed by atoms with van der Waals surface area (Å²) in [5.41, 5.74) is -0.0599. The van der Waals surface area contributed by atoms with Crippen LogP contribution in [0.25, 0.3) is 0 Å². The largest absolute Gasteiger partial charge is 0.480 e. The van der Waals surface area contributed by atoms with Gasteiger partial charge >= 0.3 is 5.97 Å². The fourth-order valence-corrected chi connectivity index (χ4v) is 1.58. The molecule has 1 aromatic rings. The lowest BCUT2D eigenvalue weighted by molar-refractivity contribution is -0.385. The van der Waals surface area contributed by atoms with Crippen molar-refractivity contribution < 1.29 is 19.6 Å².